The summed E-state index contributed by atoms with van der Waals surface area (Å²) in [4.78, 5) is 3.47. The second-order valence-corrected chi connectivity index (χ2v) is 3.44. The number of hydrogen-bond donors (Lipinski definition) is 1. The lowest BCUT2D eigenvalue weighted by atomic mass is 10.2. The van der Waals surface area contributed by atoms with Crippen molar-refractivity contribution in [2.45, 2.75) is 6.36 Å². The molecule has 15 heavy (non-hydrogen) atoms. The summed E-state index contributed by atoms with van der Waals surface area (Å²) in [5.41, 5.74) is 5.04. The molecule has 0 unspecified atom stereocenters. The minimum Gasteiger partial charge on any atom is -0.403 e. The normalized spacial score (nSPS) is 10.9. The molecule has 0 saturated carbocycles. The highest BCUT2D eigenvalue weighted by atomic mass is 127. The quantitative estimate of drug-likeness (QED) is 0.801. The van der Waals surface area contributed by atoms with Crippen LogP contribution in [0.4, 0.5) is 19.0 Å². The topological polar surface area (TPSA) is 71.9 Å². The van der Waals surface area contributed by atoms with Gasteiger partial charge in [0, 0.05) is 0 Å². The first kappa shape index (κ1) is 11.8. The number of rotatable bonds is 1. The summed E-state index contributed by atoms with van der Waals surface area (Å²) in [5, 5.41) is 8.64. The van der Waals surface area contributed by atoms with Crippen molar-refractivity contribution in [3.05, 3.63) is 15.3 Å². The van der Waals surface area contributed by atoms with Gasteiger partial charge in [0.2, 0.25) is 0 Å². The first-order chi connectivity index (χ1) is 6.85. The fraction of sp³-hybridized carbons (Fsp3) is 0.143. The average molecular weight is 329 g/mol. The predicted octanol–water partition coefficient (Wildman–Crippen LogP) is 2.04. The molecule has 0 aliphatic heterocycles. The van der Waals surface area contributed by atoms with Crippen molar-refractivity contribution in [1.29, 1.82) is 5.26 Å². The largest absolute Gasteiger partial charge is 0.573 e. The third-order valence-corrected chi connectivity index (χ3v) is 2.44. The van der Waals surface area contributed by atoms with Crippen molar-refractivity contribution in [2.75, 3.05) is 5.73 Å². The standard InChI is InChI=1S/C7H3F3IN3O/c8-7(9,10)15-4-2-14-6(13)5(11)3(4)1-12/h2H,(H2,13,14). The number of nitrogens with two attached hydrogens (primary N) is 1. The molecule has 0 aliphatic rings. The SMILES string of the molecule is N#Cc1c(OC(F)(F)F)cnc(N)c1I. The van der Waals surface area contributed by atoms with Gasteiger partial charge in [-0.2, -0.15) is 5.26 Å². The lowest BCUT2D eigenvalue weighted by Gasteiger charge is -2.10. The van der Waals surface area contributed by atoms with E-state index in [4.69, 9.17) is 11.0 Å². The minimum absolute atomic E-state index is 0.0123. The number of nitrogens with zero attached hydrogens (tertiary/aromatic N) is 2. The lowest BCUT2D eigenvalue weighted by molar-refractivity contribution is -0.274. The zero-order valence-electron chi connectivity index (χ0n) is 6.97. The maximum atomic E-state index is 11.9. The average Bonchev–Trinajstić information content (AvgIpc) is 2.10. The van der Waals surface area contributed by atoms with Crippen LogP contribution in [0.1, 0.15) is 5.56 Å². The molecule has 1 aromatic rings. The van der Waals surface area contributed by atoms with Gasteiger partial charge in [0.15, 0.2) is 5.75 Å². The molecule has 0 aromatic carbocycles. The molecule has 1 heterocycles. The van der Waals surface area contributed by atoms with E-state index in [9.17, 15) is 13.2 Å². The van der Waals surface area contributed by atoms with Crippen LogP contribution in [0.15, 0.2) is 6.20 Å². The Morgan fingerprint density at radius 2 is 2.13 bits per heavy atom. The second kappa shape index (κ2) is 4.09. The van der Waals surface area contributed by atoms with Gasteiger partial charge in [-0.15, -0.1) is 13.2 Å². The van der Waals surface area contributed by atoms with Crippen molar-refractivity contribution in [1.82, 2.24) is 4.98 Å². The van der Waals surface area contributed by atoms with Crippen molar-refractivity contribution in [3.63, 3.8) is 0 Å². The Hall–Kier alpha value is -1.24. The maximum Gasteiger partial charge on any atom is 0.573 e. The van der Waals surface area contributed by atoms with E-state index in [2.05, 4.69) is 9.72 Å². The van der Waals surface area contributed by atoms with Gasteiger partial charge in [-0.05, 0) is 22.6 Å². The molecule has 0 fully saturated rings. The first-order valence-corrected chi connectivity index (χ1v) is 4.53. The third-order valence-electron chi connectivity index (χ3n) is 1.35. The number of anilines is 1. The molecular weight excluding hydrogens is 326 g/mol. The highest BCUT2D eigenvalue weighted by molar-refractivity contribution is 14.1. The van der Waals surface area contributed by atoms with Gasteiger partial charge in [0.1, 0.15) is 17.5 Å². The summed E-state index contributed by atoms with van der Waals surface area (Å²) in [6, 6.07) is 1.57. The van der Waals surface area contributed by atoms with Crippen molar-refractivity contribution in [2.24, 2.45) is 0 Å². The molecule has 0 amide bonds. The molecule has 8 heteroatoms. The van der Waals surface area contributed by atoms with Gasteiger partial charge in [-0.3, -0.25) is 0 Å². The number of nitriles is 1. The molecule has 1 aromatic heterocycles. The molecule has 0 atom stereocenters. The highest BCUT2D eigenvalue weighted by Crippen LogP contribution is 2.30. The van der Waals surface area contributed by atoms with E-state index in [1.54, 1.807) is 28.7 Å². The van der Waals surface area contributed by atoms with Gasteiger partial charge < -0.3 is 10.5 Å². The number of nitrogen functional groups attached to an aromatic ring is 1. The zero-order valence-corrected chi connectivity index (χ0v) is 9.13. The summed E-state index contributed by atoms with van der Waals surface area (Å²) >= 11 is 1.62. The summed E-state index contributed by atoms with van der Waals surface area (Å²) in [6.07, 6.45) is -4.09. The Morgan fingerprint density at radius 3 is 2.60 bits per heavy atom. The van der Waals surface area contributed by atoms with Crippen LogP contribution in [0, 0.1) is 14.9 Å². The molecule has 0 spiro atoms. The molecule has 1 rings (SSSR count). The van der Waals surface area contributed by atoms with Crippen LogP contribution in [0.3, 0.4) is 0 Å². The second-order valence-electron chi connectivity index (χ2n) is 2.36. The number of pyridine rings is 1. The van der Waals surface area contributed by atoms with Gasteiger partial charge in [-0.1, -0.05) is 0 Å². The number of halogens is 4. The summed E-state index contributed by atoms with van der Waals surface area (Å²) in [5.74, 6) is -0.662. The van der Waals surface area contributed by atoms with Crippen molar-refractivity contribution < 1.29 is 17.9 Å². The Bertz CT molecular complexity index is 427. The highest BCUT2D eigenvalue weighted by Gasteiger charge is 2.33. The third kappa shape index (κ3) is 2.85. The van der Waals surface area contributed by atoms with Crippen LogP contribution in [0.5, 0.6) is 5.75 Å². The van der Waals surface area contributed by atoms with Crippen LogP contribution in [0.2, 0.25) is 0 Å². The molecule has 4 nitrogen and oxygen atoms in total. The molecular formula is C7H3F3IN3O. The van der Waals surface area contributed by atoms with E-state index in [1.165, 1.54) is 0 Å². The van der Waals surface area contributed by atoms with E-state index in [1.807, 2.05) is 0 Å². The first-order valence-electron chi connectivity index (χ1n) is 3.45. The van der Waals surface area contributed by atoms with E-state index in [-0.39, 0.29) is 15.0 Å². The molecule has 0 radical (unpaired) electrons. The van der Waals surface area contributed by atoms with Gasteiger partial charge in [-0.25, -0.2) is 4.98 Å². The fourth-order valence-electron chi connectivity index (χ4n) is 0.792. The summed E-state index contributed by atoms with van der Waals surface area (Å²) < 4.78 is 39.4. The molecule has 2 N–H and O–H groups in total. The fourth-order valence-corrected chi connectivity index (χ4v) is 1.32. The number of ether oxygens (including phenoxy) is 1. The van der Waals surface area contributed by atoms with Gasteiger partial charge in [0.25, 0.3) is 0 Å². The number of alkyl halides is 3. The van der Waals surface area contributed by atoms with E-state index < -0.39 is 12.1 Å². The van der Waals surface area contributed by atoms with E-state index >= 15 is 0 Å². The van der Waals surface area contributed by atoms with Crippen LogP contribution in [-0.2, 0) is 0 Å². The van der Waals surface area contributed by atoms with Crippen LogP contribution in [0.25, 0.3) is 0 Å². The summed E-state index contributed by atoms with van der Waals surface area (Å²) in [7, 11) is 0. The maximum absolute atomic E-state index is 11.9. The predicted molar refractivity (Wildman–Crippen MR) is 52.8 cm³/mol. The van der Waals surface area contributed by atoms with Crippen LogP contribution in [-0.4, -0.2) is 11.3 Å². The molecule has 80 valence electrons. The van der Waals surface area contributed by atoms with Gasteiger partial charge >= 0.3 is 6.36 Å². The van der Waals surface area contributed by atoms with Crippen molar-refractivity contribution >= 4 is 28.4 Å². The number of hydrogen-bond acceptors (Lipinski definition) is 4. The molecule has 0 bridgehead atoms. The van der Waals surface area contributed by atoms with E-state index in [0.717, 1.165) is 6.20 Å². The van der Waals surface area contributed by atoms with Gasteiger partial charge in [0.05, 0.1) is 9.77 Å². The van der Waals surface area contributed by atoms with E-state index in [0.29, 0.717) is 0 Å². The van der Waals surface area contributed by atoms with Crippen LogP contribution < -0.4 is 10.5 Å². The Kier molecular flexibility index (Phi) is 3.23. The molecule has 0 aliphatic carbocycles. The lowest BCUT2D eigenvalue weighted by Crippen LogP contribution is -2.18. The monoisotopic (exact) mass is 329 g/mol. The Morgan fingerprint density at radius 1 is 1.53 bits per heavy atom. The number of aromatic nitrogens is 1. The Balaban J connectivity index is 3.21. The minimum atomic E-state index is -4.85. The smallest absolute Gasteiger partial charge is 0.403 e. The Labute approximate surface area is 96.0 Å². The zero-order chi connectivity index (χ0) is 11.6. The summed E-state index contributed by atoms with van der Waals surface area (Å²) in [6.45, 7) is 0. The van der Waals surface area contributed by atoms with Crippen molar-refractivity contribution in [3.8, 4) is 11.8 Å². The molecule has 0 saturated heterocycles. The van der Waals surface area contributed by atoms with Crippen LogP contribution >= 0.6 is 22.6 Å².